The van der Waals surface area contributed by atoms with Crippen molar-refractivity contribution >= 4 is 0 Å². The highest BCUT2D eigenvalue weighted by Crippen LogP contribution is 2.56. The second-order valence-corrected chi connectivity index (χ2v) is 17.4. The fraction of sp³-hybridized carbons (Fsp3) is 0.538. The van der Waals surface area contributed by atoms with Gasteiger partial charge in [-0.25, -0.2) is 0 Å². The van der Waals surface area contributed by atoms with Crippen molar-refractivity contribution in [3.8, 4) is 22.3 Å². The number of hydrogen-bond acceptors (Lipinski definition) is 7. The SMILES string of the molecule is COCCOCCCC1(CCCOCCOC)c2cc(Cc3cc4c(cc3C)-c3ccc(C)cc3C43CCN(CCOCCOC)CC3)ccc2-c2cc(C)c(C)cc21. The molecule has 1 saturated heterocycles. The lowest BCUT2D eigenvalue weighted by Gasteiger charge is -2.41. The first-order chi connectivity index (χ1) is 28.7. The molecular weight excluding hydrogens is 735 g/mol. The van der Waals surface area contributed by atoms with Gasteiger partial charge in [-0.1, -0.05) is 66.2 Å². The second kappa shape index (κ2) is 20.0. The van der Waals surface area contributed by atoms with Crippen LogP contribution in [0.3, 0.4) is 0 Å². The minimum Gasteiger partial charge on any atom is -0.382 e. The fourth-order valence-electron chi connectivity index (χ4n) is 10.4. The highest BCUT2D eigenvalue weighted by atomic mass is 16.5. The van der Waals surface area contributed by atoms with Gasteiger partial charge in [0.2, 0.25) is 0 Å². The smallest absolute Gasteiger partial charge is 0.0700 e. The molecule has 0 saturated carbocycles. The third kappa shape index (κ3) is 9.28. The van der Waals surface area contributed by atoms with Crippen molar-refractivity contribution in [2.45, 2.75) is 83.5 Å². The molecule has 1 spiro atoms. The first-order valence-corrected chi connectivity index (χ1v) is 22.2. The normalized spacial score (nSPS) is 16.1. The summed E-state index contributed by atoms with van der Waals surface area (Å²) in [6, 6.07) is 24.6. The van der Waals surface area contributed by atoms with Gasteiger partial charge in [0.1, 0.15) is 0 Å². The minimum absolute atomic E-state index is 0.0354. The van der Waals surface area contributed by atoms with Gasteiger partial charge in [0.15, 0.2) is 0 Å². The fourth-order valence-corrected chi connectivity index (χ4v) is 10.4. The van der Waals surface area contributed by atoms with Gasteiger partial charge < -0.3 is 33.3 Å². The van der Waals surface area contributed by atoms with Gasteiger partial charge in [0, 0.05) is 51.9 Å². The Kier molecular flexibility index (Phi) is 14.8. The number of rotatable bonds is 22. The topological polar surface area (TPSA) is 58.6 Å². The first kappa shape index (κ1) is 43.7. The van der Waals surface area contributed by atoms with Crippen LogP contribution in [0.2, 0.25) is 0 Å². The van der Waals surface area contributed by atoms with Crippen LogP contribution in [-0.4, -0.2) is 105 Å². The van der Waals surface area contributed by atoms with Crippen LogP contribution in [0.15, 0.2) is 60.7 Å². The van der Waals surface area contributed by atoms with E-state index in [1.165, 1.54) is 77.9 Å². The third-order valence-corrected chi connectivity index (χ3v) is 13.7. The maximum Gasteiger partial charge on any atom is 0.0700 e. The van der Waals surface area contributed by atoms with Gasteiger partial charge >= 0.3 is 0 Å². The Morgan fingerprint density at radius 2 is 1.05 bits per heavy atom. The summed E-state index contributed by atoms with van der Waals surface area (Å²) in [6.07, 6.45) is 7.17. The number of ether oxygens (including phenoxy) is 6. The number of hydrogen-bond donors (Lipinski definition) is 0. The van der Waals surface area contributed by atoms with Crippen LogP contribution in [0, 0.1) is 27.7 Å². The zero-order chi connectivity index (χ0) is 41.4. The van der Waals surface area contributed by atoms with E-state index in [9.17, 15) is 0 Å². The van der Waals surface area contributed by atoms with Crippen molar-refractivity contribution in [1.82, 2.24) is 4.90 Å². The second-order valence-electron chi connectivity index (χ2n) is 17.4. The minimum atomic E-state index is -0.117. The molecule has 1 aliphatic heterocycles. The number of piperidine rings is 1. The summed E-state index contributed by atoms with van der Waals surface area (Å²) >= 11 is 0. The number of fused-ring (bicyclic) bond motifs is 8. The maximum absolute atomic E-state index is 6.06. The zero-order valence-corrected chi connectivity index (χ0v) is 37.1. The Balaban J connectivity index is 1.20. The van der Waals surface area contributed by atoms with Crippen LogP contribution in [0.1, 0.15) is 94.2 Å². The van der Waals surface area contributed by atoms with Gasteiger partial charge in [0.25, 0.3) is 0 Å². The molecule has 0 radical (unpaired) electrons. The predicted molar refractivity (Wildman–Crippen MR) is 239 cm³/mol. The lowest BCUT2D eigenvalue weighted by Crippen LogP contribution is -2.43. The largest absolute Gasteiger partial charge is 0.382 e. The standard InChI is InChI=1S/C52H69NO6/c1-37-10-12-43-46-32-40(4)42(36-50(46)52(47(43)30-37)16-18-53(19-17-52)20-23-59-29-26-56-7)34-41-11-13-44-45-31-38(2)39(3)33-48(45)51(49(44)35-41,14-8-21-57-27-24-54-5)15-9-22-58-28-25-55-6/h10-13,30-33,35-36H,8-9,14-29,34H2,1-7H3. The van der Waals surface area contributed by atoms with Crippen molar-refractivity contribution in [3.63, 3.8) is 0 Å². The maximum atomic E-state index is 6.06. The van der Waals surface area contributed by atoms with E-state index in [1.54, 1.807) is 21.3 Å². The number of likely N-dealkylation sites (tertiary alicyclic amines) is 1. The Hall–Kier alpha value is -3.40. The van der Waals surface area contributed by atoms with Crippen molar-refractivity contribution < 1.29 is 28.4 Å². The van der Waals surface area contributed by atoms with E-state index in [0.717, 1.165) is 84.4 Å². The average Bonchev–Trinajstić information content (AvgIpc) is 3.62. The summed E-state index contributed by atoms with van der Waals surface area (Å²) < 4.78 is 33.7. The van der Waals surface area contributed by atoms with E-state index in [-0.39, 0.29) is 10.8 Å². The van der Waals surface area contributed by atoms with Crippen LogP contribution in [0.25, 0.3) is 22.3 Å². The van der Waals surface area contributed by atoms with Crippen molar-refractivity contribution in [2.24, 2.45) is 0 Å². The molecule has 318 valence electrons. The summed E-state index contributed by atoms with van der Waals surface area (Å²) in [6.45, 7) is 18.2. The summed E-state index contributed by atoms with van der Waals surface area (Å²) in [7, 11) is 5.19. The molecule has 4 aromatic carbocycles. The molecule has 0 unspecified atom stereocenters. The molecule has 0 atom stereocenters. The average molecular weight is 804 g/mol. The lowest BCUT2D eigenvalue weighted by atomic mass is 9.70. The zero-order valence-electron chi connectivity index (χ0n) is 37.1. The molecule has 0 aromatic heterocycles. The van der Waals surface area contributed by atoms with Crippen LogP contribution < -0.4 is 0 Å². The molecule has 59 heavy (non-hydrogen) atoms. The molecule has 0 amide bonds. The Labute approximate surface area is 354 Å². The monoisotopic (exact) mass is 804 g/mol. The van der Waals surface area contributed by atoms with Crippen LogP contribution in [0.5, 0.6) is 0 Å². The highest BCUT2D eigenvalue weighted by molar-refractivity contribution is 5.84. The quantitative estimate of drug-likeness (QED) is 0.0734. The van der Waals surface area contributed by atoms with E-state index < -0.39 is 0 Å². The highest BCUT2D eigenvalue weighted by Gasteiger charge is 2.46. The van der Waals surface area contributed by atoms with E-state index in [1.807, 2.05) is 0 Å². The Morgan fingerprint density at radius 3 is 1.71 bits per heavy atom. The summed E-state index contributed by atoms with van der Waals surface area (Å²) in [4.78, 5) is 2.59. The van der Waals surface area contributed by atoms with Crippen molar-refractivity contribution in [1.29, 1.82) is 0 Å². The van der Waals surface area contributed by atoms with Crippen LogP contribution in [-0.2, 0) is 45.7 Å². The third-order valence-electron chi connectivity index (χ3n) is 13.7. The molecule has 7 heteroatoms. The van der Waals surface area contributed by atoms with E-state index >= 15 is 0 Å². The van der Waals surface area contributed by atoms with Crippen LogP contribution >= 0.6 is 0 Å². The first-order valence-electron chi connectivity index (χ1n) is 22.2. The molecular formula is C52H69NO6. The molecule has 4 aromatic rings. The summed E-state index contributed by atoms with van der Waals surface area (Å²) in [5, 5.41) is 0. The summed E-state index contributed by atoms with van der Waals surface area (Å²) in [5.41, 5.74) is 19.8. The molecule has 2 aliphatic carbocycles. The predicted octanol–water partition coefficient (Wildman–Crippen LogP) is 9.69. The molecule has 7 rings (SSSR count). The van der Waals surface area contributed by atoms with E-state index in [2.05, 4.69) is 93.3 Å². The molecule has 1 heterocycles. The van der Waals surface area contributed by atoms with Gasteiger partial charge in [-0.15, -0.1) is 0 Å². The number of methoxy groups -OCH3 is 3. The van der Waals surface area contributed by atoms with Crippen LogP contribution in [0.4, 0.5) is 0 Å². The number of aryl methyl sites for hydroxylation is 4. The van der Waals surface area contributed by atoms with Crippen molar-refractivity contribution in [2.75, 3.05) is 100 Å². The summed E-state index contributed by atoms with van der Waals surface area (Å²) in [5.74, 6) is 0. The van der Waals surface area contributed by atoms with Gasteiger partial charge in [-0.05, 0) is 158 Å². The van der Waals surface area contributed by atoms with Gasteiger partial charge in [-0.3, -0.25) is 0 Å². The number of nitrogens with zero attached hydrogens (tertiary/aromatic N) is 1. The molecule has 0 bridgehead atoms. The van der Waals surface area contributed by atoms with Crippen molar-refractivity contribution in [3.05, 3.63) is 116 Å². The van der Waals surface area contributed by atoms with E-state index in [0.29, 0.717) is 39.6 Å². The van der Waals surface area contributed by atoms with E-state index in [4.69, 9.17) is 28.4 Å². The Bertz CT molecular complexity index is 2010. The lowest BCUT2D eigenvalue weighted by molar-refractivity contribution is 0.0507. The number of benzene rings is 4. The molecule has 0 N–H and O–H groups in total. The van der Waals surface area contributed by atoms with Gasteiger partial charge in [0.05, 0.1) is 46.2 Å². The molecule has 7 nitrogen and oxygen atoms in total. The Morgan fingerprint density at radius 1 is 0.508 bits per heavy atom. The van der Waals surface area contributed by atoms with Gasteiger partial charge in [-0.2, -0.15) is 0 Å². The molecule has 1 fully saturated rings. The molecule has 3 aliphatic rings.